The molecule has 0 bridgehead atoms. The van der Waals surface area contributed by atoms with E-state index in [2.05, 4.69) is 26.6 Å². The Morgan fingerprint density at radius 2 is 2.43 bits per heavy atom. The standard InChI is InChI=1S/C9H13BrN2OS/c1-2-12-9(13)6-11-5-8-7(10)3-4-14-8/h3-4,11H,2,5-6H2,1H3,(H,12,13). The number of carbonyl (C=O) groups is 1. The van der Waals surface area contributed by atoms with Crippen molar-refractivity contribution in [3.63, 3.8) is 0 Å². The van der Waals surface area contributed by atoms with Crippen LogP contribution in [0, 0.1) is 0 Å². The molecule has 0 aliphatic rings. The summed E-state index contributed by atoms with van der Waals surface area (Å²) in [5.74, 6) is 0.0418. The molecule has 78 valence electrons. The van der Waals surface area contributed by atoms with Gasteiger partial charge in [0.25, 0.3) is 0 Å². The maximum atomic E-state index is 11.1. The van der Waals surface area contributed by atoms with Crippen LogP contribution in [0.15, 0.2) is 15.9 Å². The van der Waals surface area contributed by atoms with Crippen molar-refractivity contribution in [1.82, 2.24) is 10.6 Å². The molecule has 0 saturated carbocycles. The fraction of sp³-hybridized carbons (Fsp3) is 0.444. The van der Waals surface area contributed by atoms with Gasteiger partial charge in [0, 0.05) is 22.4 Å². The minimum atomic E-state index is 0.0418. The summed E-state index contributed by atoms with van der Waals surface area (Å²) in [4.78, 5) is 12.3. The molecule has 0 aliphatic heterocycles. The van der Waals surface area contributed by atoms with Gasteiger partial charge < -0.3 is 10.6 Å². The van der Waals surface area contributed by atoms with Crippen LogP contribution in [0.3, 0.4) is 0 Å². The highest BCUT2D eigenvalue weighted by Gasteiger charge is 2.02. The number of hydrogen-bond acceptors (Lipinski definition) is 3. The third kappa shape index (κ3) is 3.77. The highest BCUT2D eigenvalue weighted by molar-refractivity contribution is 9.10. The fourth-order valence-corrected chi connectivity index (χ4v) is 2.46. The Balaban J connectivity index is 2.22. The van der Waals surface area contributed by atoms with Crippen LogP contribution < -0.4 is 10.6 Å². The van der Waals surface area contributed by atoms with Crippen molar-refractivity contribution in [2.24, 2.45) is 0 Å². The Bertz CT molecular complexity index is 301. The van der Waals surface area contributed by atoms with Crippen molar-refractivity contribution in [3.8, 4) is 0 Å². The SMILES string of the molecule is CCNC(=O)CNCc1sccc1Br. The highest BCUT2D eigenvalue weighted by atomic mass is 79.9. The molecule has 1 aromatic rings. The van der Waals surface area contributed by atoms with Crippen LogP contribution in [0.2, 0.25) is 0 Å². The molecule has 3 nitrogen and oxygen atoms in total. The molecule has 1 amide bonds. The summed E-state index contributed by atoms with van der Waals surface area (Å²) >= 11 is 5.11. The zero-order valence-corrected chi connectivity index (χ0v) is 10.4. The van der Waals surface area contributed by atoms with Gasteiger partial charge in [0.05, 0.1) is 6.54 Å². The first-order chi connectivity index (χ1) is 6.74. The molecule has 5 heteroatoms. The maximum Gasteiger partial charge on any atom is 0.233 e. The largest absolute Gasteiger partial charge is 0.355 e. The van der Waals surface area contributed by atoms with Crippen LogP contribution in [0.4, 0.5) is 0 Å². The van der Waals surface area contributed by atoms with Crippen molar-refractivity contribution in [2.45, 2.75) is 13.5 Å². The van der Waals surface area contributed by atoms with E-state index in [0.717, 1.165) is 11.0 Å². The summed E-state index contributed by atoms with van der Waals surface area (Å²) in [6.45, 7) is 3.70. The lowest BCUT2D eigenvalue weighted by atomic mass is 10.4. The van der Waals surface area contributed by atoms with E-state index in [1.165, 1.54) is 4.88 Å². The number of halogens is 1. The summed E-state index contributed by atoms with van der Waals surface area (Å²) in [5.41, 5.74) is 0. The molecular formula is C9H13BrN2OS. The van der Waals surface area contributed by atoms with E-state index in [-0.39, 0.29) is 5.91 Å². The zero-order valence-electron chi connectivity index (χ0n) is 7.97. The number of likely N-dealkylation sites (N-methyl/N-ethyl adjacent to an activating group) is 1. The van der Waals surface area contributed by atoms with Crippen LogP contribution in [-0.2, 0) is 11.3 Å². The molecule has 14 heavy (non-hydrogen) atoms. The number of carbonyl (C=O) groups excluding carboxylic acids is 1. The number of hydrogen-bond donors (Lipinski definition) is 2. The van der Waals surface area contributed by atoms with Gasteiger partial charge in [-0.25, -0.2) is 0 Å². The van der Waals surface area contributed by atoms with Crippen molar-refractivity contribution < 1.29 is 4.79 Å². The molecule has 0 radical (unpaired) electrons. The van der Waals surface area contributed by atoms with Crippen LogP contribution in [0.5, 0.6) is 0 Å². The van der Waals surface area contributed by atoms with Crippen molar-refractivity contribution in [1.29, 1.82) is 0 Å². The van der Waals surface area contributed by atoms with Crippen molar-refractivity contribution >= 4 is 33.2 Å². The van der Waals surface area contributed by atoms with Gasteiger partial charge in [0.2, 0.25) is 5.91 Å². The summed E-state index contributed by atoms with van der Waals surface area (Å²) in [5, 5.41) is 7.83. The number of nitrogens with one attached hydrogen (secondary N) is 2. The van der Waals surface area contributed by atoms with E-state index >= 15 is 0 Å². The second-order valence-corrected chi connectivity index (χ2v) is 4.60. The molecule has 2 N–H and O–H groups in total. The lowest BCUT2D eigenvalue weighted by Gasteiger charge is -2.03. The summed E-state index contributed by atoms with van der Waals surface area (Å²) in [6, 6.07) is 2.01. The predicted molar refractivity (Wildman–Crippen MR) is 62.4 cm³/mol. The van der Waals surface area contributed by atoms with Gasteiger partial charge in [-0.2, -0.15) is 0 Å². The molecule has 1 aromatic heterocycles. The first-order valence-corrected chi connectivity index (χ1v) is 6.10. The Morgan fingerprint density at radius 1 is 1.64 bits per heavy atom. The molecule has 1 heterocycles. The monoisotopic (exact) mass is 276 g/mol. The smallest absolute Gasteiger partial charge is 0.233 e. The first-order valence-electron chi connectivity index (χ1n) is 4.43. The van der Waals surface area contributed by atoms with Gasteiger partial charge in [-0.3, -0.25) is 4.79 Å². The normalized spacial score (nSPS) is 10.1. The third-order valence-corrected chi connectivity index (χ3v) is 3.56. The van der Waals surface area contributed by atoms with E-state index in [9.17, 15) is 4.79 Å². The third-order valence-electron chi connectivity index (χ3n) is 1.64. The molecule has 0 aromatic carbocycles. The summed E-state index contributed by atoms with van der Waals surface area (Å²) in [7, 11) is 0. The molecule has 0 spiro atoms. The van der Waals surface area contributed by atoms with Crippen LogP contribution >= 0.6 is 27.3 Å². The Morgan fingerprint density at radius 3 is 3.00 bits per heavy atom. The fourth-order valence-electron chi connectivity index (χ4n) is 1.00. The van der Waals surface area contributed by atoms with Gasteiger partial charge in [0.15, 0.2) is 0 Å². The van der Waals surface area contributed by atoms with Crippen LogP contribution in [0.1, 0.15) is 11.8 Å². The second-order valence-electron chi connectivity index (χ2n) is 2.75. The average Bonchev–Trinajstić information content (AvgIpc) is 2.52. The van der Waals surface area contributed by atoms with Gasteiger partial charge in [-0.15, -0.1) is 11.3 Å². The van der Waals surface area contributed by atoms with E-state index in [4.69, 9.17) is 0 Å². The lowest BCUT2D eigenvalue weighted by molar-refractivity contribution is -0.120. The number of thiophene rings is 1. The Kier molecular flexibility index (Phi) is 5.14. The lowest BCUT2D eigenvalue weighted by Crippen LogP contribution is -2.33. The molecule has 0 saturated heterocycles. The van der Waals surface area contributed by atoms with E-state index < -0.39 is 0 Å². The van der Waals surface area contributed by atoms with Gasteiger partial charge in [0.1, 0.15) is 0 Å². The molecule has 0 aliphatic carbocycles. The predicted octanol–water partition coefficient (Wildman–Crippen LogP) is 1.74. The quantitative estimate of drug-likeness (QED) is 0.860. The van der Waals surface area contributed by atoms with E-state index in [1.807, 2.05) is 18.4 Å². The molecule has 0 fully saturated rings. The van der Waals surface area contributed by atoms with Gasteiger partial charge in [-0.05, 0) is 34.3 Å². The Labute approximate surface area is 96.0 Å². The maximum absolute atomic E-state index is 11.1. The van der Waals surface area contributed by atoms with Crippen LogP contribution in [0.25, 0.3) is 0 Å². The number of rotatable bonds is 5. The summed E-state index contributed by atoms with van der Waals surface area (Å²) in [6.07, 6.45) is 0. The average molecular weight is 277 g/mol. The summed E-state index contributed by atoms with van der Waals surface area (Å²) < 4.78 is 1.10. The highest BCUT2D eigenvalue weighted by Crippen LogP contribution is 2.21. The van der Waals surface area contributed by atoms with E-state index in [0.29, 0.717) is 13.1 Å². The molecule has 1 rings (SSSR count). The van der Waals surface area contributed by atoms with Gasteiger partial charge >= 0.3 is 0 Å². The van der Waals surface area contributed by atoms with Crippen LogP contribution in [-0.4, -0.2) is 19.0 Å². The topological polar surface area (TPSA) is 41.1 Å². The molecular weight excluding hydrogens is 264 g/mol. The molecule has 0 atom stereocenters. The van der Waals surface area contributed by atoms with Crippen molar-refractivity contribution in [3.05, 3.63) is 20.8 Å². The first kappa shape index (κ1) is 11.7. The minimum absolute atomic E-state index is 0.0418. The number of amides is 1. The zero-order chi connectivity index (χ0) is 10.4. The minimum Gasteiger partial charge on any atom is -0.355 e. The molecule has 0 unspecified atom stereocenters. The van der Waals surface area contributed by atoms with E-state index in [1.54, 1.807) is 11.3 Å². The van der Waals surface area contributed by atoms with Crippen molar-refractivity contribution in [2.75, 3.05) is 13.1 Å². The van der Waals surface area contributed by atoms with Gasteiger partial charge in [-0.1, -0.05) is 0 Å². The second kappa shape index (κ2) is 6.16. The Hall–Kier alpha value is -0.390.